The summed E-state index contributed by atoms with van der Waals surface area (Å²) in [6, 6.07) is 0. The highest BCUT2D eigenvalue weighted by molar-refractivity contribution is 5.83. The Balaban J connectivity index is 2.56. The lowest BCUT2D eigenvalue weighted by atomic mass is 9.86. The monoisotopic (exact) mass is 368 g/mol. The average molecular weight is 369 g/mol. The summed E-state index contributed by atoms with van der Waals surface area (Å²) in [5.41, 5.74) is 0. The zero-order chi connectivity index (χ0) is 19.4. The van der Waals surface area contributed by atoms with Crippen LogP contribution >= 0.6 is 0 Å². The Morgan fingerprint density at radius 1 is 0.769 bits per heavy atom. The fourth-order valence-electron chi connectivity index (χ4n) is 4.15. The van der Waals surface area contributed by atoms with E-state index in [4.69, 9.17) is 9.47 Å². The van der Waals surface area contributed by atoms with Gasteiger partial charge >= 0.3 is 11.9 Å². The first kappa shape index (κ1) is 23.0. The summed E-state index contributed by atoms with van der Waals surface area (Å²) in [6.07, 6.45) is 10.5. The number of carbonyl (C=O) groups is 2. The van der Waals surface area contributed by atoms with E-state index in [-0.39, 0.29) is 35.6 Å². The number of ether oxygens (including phenoxy) is 2. The molecule has 4 atom stereocenters. The SMILES string of the molecule is CCCCCCOC(=O)C1C(C)CC(CC)C1C(=O)OCCCCCC. The van der Waals surface area contributed by atoms with Crippen LogP contribution in [0.2, 0.25) is 0 Å². The number of rotatable bonds is 13. The van der Waals surface area contributed by atoms with E-state index in [2.05, 4.69) is 27.7 Å². The largest absolute Gasteiger partial charge is 0.465 e. The van der Waals surface area contributed by atoms with Gasteiger partial charge in [-0.15, -0.1) is 0 Å². The van der Waals surface area contributed by atoms with Gasteiger partial charge in [0.25, 0.3) is 0 Å². The molecule has 0 aromatic heterocycles. The first-order valence-corrected chi connectivity index (χ1v) is 10.9. The number of hydrogen-bond donors (Lipinski definition) is 0. The van der Waals surface area contributed by atoms with Crippen LogP contribution in [0, 0.1) is 23.7 Å². The van der Waals surface area contributed by atoms with Crippen LogP contribution in [0.3, 0.4) is 0 Å². The van der Waals surface area contributed by atoms with E-state index < -0.39 is 0 Å². The second-order valence-electron chi connectivity index (χ2n) is 7.89. The van der Waals surface area contributed by atoms with Gasteiger partial charge < -0.3 is 9.47 Å². The maximum Gasteiger partial charge on any atom is 0.310 e. The Hall–Kier alpha value is -1.06. The molecule has 4 unspecified atom stereocenters. The van der Waals surface area contributed by atoms with Crippen LogP contribution in [0.25, 0.3) is 0 Å². The molecule has 1 aliphatic carbocycles. The smallest absolute Gasteiger partial charge is 0.310 e. The maximum atomic E-state index is 12.7. The zero-order valence-corrected chi connectivity index (χ0v) is 17.4. The molecule has 1 rings (SSSR count). The van der Waals surface area contributed by atoms with E-state index in [1.165, 1.54) is 12.8 Å². The van der Waals surface area contributed by atoms with Crippen molar-refractivity contribution in [3.63, 3.8) is 0 Å². The Bertz CT molecular complexity index is 407. The quantitative estimate of drug-likeness (QED) is 0.317. The summed E-state index contributed by atoms with van der Waals surface area (Å²) >= 11 is 0. The van der Waals surface area contributed by atoms with E-state index in [1.807, 2.05) is 0 Å². The molecule has 0 saturated heterocycles. The predicted octanol–water partition coefficient (Wildman–Crippen LogP) is 5.53. The lowest BCUT2D eigenvalue weighted by Crippen LogP contribution is -2.34. The van der Waals surface area contributed by atoms with Crippen molar-refractivity contribution in [3.8, 4) is 0 Å². The van der Waals surface area contributed by atoms with Crippen molar-refractivity contribution in [1.82, 2.24) is 0 Å². The Morgan fingerprint density at radius 2 is 1.27 bits per heavy atom. The summed E-state index contributed by atoms with van der Waals surface area (Å²) in [4.78, 5) is 25.3. The number of hydrogen-bond acceptors (Lipinski definition) is 4. The van der Waals surface area contributed by atoms with Crippen LogP contribution in [0.5, 0.6) is 0 Å². The third-order valence-electron chi connectivity index (χ3n) is 5.74. The van der Waals surface area contributed by atoms with Crippen molar-refractivity contribution in [2.24, 2.45) is 23.7 Å². The fraction of sp³-hybridized carbons (Fsp3) is 0.909. The standard InChI is InChI=1S/C22H40O4/c1-5-8-10-12-14-25-21(23)19-17(4)16-18(7-3)20(19)22(24)26-15-13-11-9-6-2/h17-20H,5-16H2,1-4H3. The molecule has 0 radical (unpaired) electrons. The van der Waals surface area contributed by atoms with Crippen LogP contribution in [0.4, 0.5) is 0 Å². The minimum Gasteiger partial charge on any atom is -0.465 e. The Kier molecular flexibility index (Phi) is 11.6. The van der Waals surface area contributed by atoms with Gasteiger partial charge in [-0.25, -0.2) is 0 Å². The van der Waals surface area contributed by atoms with Gasteiger partial charge in [0.1, 0.15) is 0 Å². The fourth-order valence-corrected chi connectivity index (χ4v) is 4.15. The second kappa shape index (κ2) is 13.2. The van der Waals surface area contributed by atoms with Crippen molar-refractivity contribution in [1.29, 1.82) is 0 Å². The molecule has 4 nitrogen and oxygen atoms in total. The van der Waals surface area contributed by atoms with Crippen molar-refractivity contribution >= 4 is 11.9 Å². The van der Waals surface area contributed by atoms with Crippen molar-refractivity contribution in [3.05, 3.63) is 0 Å². The lowest BCUT2D eigenvalue weighted by Gasteiger charge is -2.23. The molecule has 0 aromatic carbocycles. The summed E-state index contributed by atoms with van der Waals surface area (Å²) in [5.74, 6) is -0.645. The van der Waals surface area contributed by atoms with Gasteiger partial charge in [-0.2, -0.15) is 0 Å². The van der Waals surface area contributed by atoms with Gasteiger partial charge in [-0.1, -0.05) is 72.6 Å². The first-order chi connectivity index (χ1) is 12.6. The van der Waals surface area contributed by atoms with Crippen molar-refractivity contribution in [2.75, 3.05) is 13.2 Å². The van der Waals surface area contributed by atoms with Crippen LogP contribution in [0.15, 0.2) is 0 Å². The van der Waals surface area contributed by atoms with E-state index >= 15 is 0 Å². The molecule has 0 heterocycles. The third kappa shape index (κ3) is 7.28. The van der Waals surface area contributed by atoms with E-state index in [1.54, 1.807) is 0 Å². The van der Waals surface area contributed by atoms with E-state index in [9.17, 15) is 9.59 Å². The van der Waals surface area contributed by atoms with Crippen molar-refractivity contribution in [2.45, 2.75) is 91.9 Å². The van der Waals surface area contributed by atoms with Gasteiger partial charge in [0.15, 0.2) is 0 Å². The van der Waals surface area contributed by atoms with Gasteiger partial charge in [-0.05, 0) is 31.1 Å². The molecule has 0 bridgehead atoms. The Morgan fingerprint density at radius 3 is 1.73 bits per heavy atom. The summed E-state index contributed by atoms with van der Waals surface area (Å²) in [5, 5.41) is 0. The topological polar surface area (TPSA) is 52.6 Å². The molecule has 26 heavy (non-hydrogen) atoms. The van der Waals surface area contributed by atoms with Gasteiger partial charge in [0.05, 0.1) is 25.0 Å². The molecule has 1 aliphatic rings. The van der Waals surface area contributed by atoms with Crippen LogP contribution in [-0.2, 0) is 19.1 Å². The molecule has 0 aromatic rings. The Labute approximate surface area is 160 Å². The normalized spacial score (nSPS) is 25.2. The molecule has 1 saturated carbocycles. The second-order valence-corrected chi connectivity index (χ2v) is 7.89. The van der Waals surface area contributed by atoms with E-state index in [0.29, 0.717) is 13.2 Å². The maximum absolute atomic E-state index is 12.7. The molecule has 1 fully saturated rings. The van der Waals surface area contributed by atoms with Gasteiger partial charge in [0.2, 0.25) is 0 Å². The molecule has 0 amide bonds. The minimum absolute atomic E-state index is 0.181. The third-order valence-corrected chi connectivity index (χ3v) is 5.74. The highest BCUT2D eigenvalue weighted by Gasteiger charge is 2.49. The average Bonchev–Trinajstić information content (AvgIpc) is 2.97. The van der Waals surface area contributed by atoms with E-state index in [0.717, 1.165) is 51.4 Å². The van der Waals surface area contributed by atoms with Crippen LogP contribution in [-0.4, -0.2) is 25.2 Å². The highest BCUT2D eigenvalue weighted by Crippen LogP contribution is 2.44. The van der Waals surface area contributed by atoms with Crippen LogP contribution in [0.1, 0.15) is 91.9 Å². The molecule has 152 valence electrons. The van der Waals surface area contributed by atoms with Crippen molar-refractivity contribution < 1.29 is 19.1 Å². The molecule has 0 spiro atoms. The lowest BCUT2D eigenvalue weighted by molar-refractivity contribution is -0.162. The number of esters is 2. The summed E-state index contributed by atoms with van der Waals surface area (Å²) in [6.45, 7) is 9.43. The van der Waals surface area contributed by atoms with Gasteiger partial charge in [0, 0.05) is 0 Å². The number of carbonyl (C=O) groups excluding carboxylic acids is 2. The minimum atomic E-state index is -0.339. The number of unbranched alkanes of at least 4 members (excludes halogenated alkanes) is 6. The highest BCUT2D eigenvalue weighted by atomic mass is 16.5. The zero-order valence-electron chi connectivity index (χ0n) is 17.4. The summed E-state index contributed by atoms with van der Waals surface area (Å²) < 4.78 is 11.1. The molecular weight excluding hydrogens is 328 g/mol. The summed E-state index contributed by atoms with van der Waals surface area (Å²) in [7, 11) is 0. The molecular formula is C22H40O4. The van der Waals surface area contributed by atoms with Gasteiger partial charge in [-0.3, -0.25) is 9.59 Å². The predicted molar refractivity (Wildman–Crippen MR) is 105 cm³/mol. The molecule has 0 N–H and O–H groups in total. The first-order valence-electron chi connectivity index (χ1n) is 10.9. The molecule has 4 heteroatoms. The molecule has 0 aliphatic heterocycles. The van der Waals surface area contributed by atoms with Crippen LogP contribution < -0.4 is 0 Å².